The average molecular weight is 370 g/mol. The first-order valence-electron chi connectivity index (χ1n) is 8.26. The number of nitrogens with one attached hydrogen (secondary N) is 2. The third kappa shape index (κ3) is 4.47. The maximum atomic E-state index is 9.28. The van der Waals surface area contributed by atoms with Gasteiger partial charge in [-0.1, -0.05) is 23.7 Å². The van der Waals surface area contributed by atoms with E-state index in [2.05, 4.69) is 25.6 Å². The van der Waals surface area contributed by atoms with E-state index < -0.39 is 0 Å². The Hall–Kier alpha value is -2.70. The van der Waals surface area contributed by atoms with Gasteiger partial charge in [0, 0.05) is 29.0 Å². The highest BCUT2D eigenvalue weighted by Crippen LogP contribution is 2.25. The van der Waals surface area contributed by atoms with Crippen LogP contribution < -0.4 is 10.6 Å². The van der Waals surface area contributed by atoms with Gasteiger partial charge in [0.2, 0.25) is 5.95 Å². The fraction of sp³-hybridized carbons (Fsp3) is 0.211. The number of benzene rings is 1. The van der Waals surface area contributed by atoms with Crippen molar-refractivity contribution in [3.05, 3.63) is 59.2 Å². The minimum atomic E-state index is -0.171. The van der Waals surface area contributed by atoms with Crippen molar-refractivity contribution in [2.24, 2.45) is 0 Å². The molecule has 1 aromatic carbocycles. The molecule has 6 nitrogen and oxygen atoms in total. The van der Waals surface area contributed by atoms with Crippen molar-refractivity contribution in [1.29, 1.82) is 0 Å². The number of hydrogen-bond acceptors (Lipinski definition) is 6. The van der Waals surface area contributed by atoms with Crippen LogP contribution in [-0.2, 0) is 0 Å². The third-order valence-electron chi connectivity index (χ3n) is 3.75. The molecule has 26 heavy (non-hydrogen) atoms. The Morgan fingerprint density at radius 2 is 1.96 bits per heavy atom. The number of aryl methyl sites for hydroxylation is 1. The Balaban J connectivity index is 1.97. The highest BCUT2D eigenvalue weighted by atomic mass is 35.5. The van der Waals surface area contributed by atoms with Crippen LogP contribution in [0.4, 0.5) is 17.5 Å². The van der Waals surface area contributed by atoms with E-state index in [0.717, 1.165) is 16.9 Å². The molecule has 3 aromatic rings. The molecule has 0 amide bonds. The molecule has 0 aliphatic rings. The zero-order valence-corrected chi connectivity index (χ0v) is 15.3. The number of anilines is 3. The Bertz CT molecular complexity index is 888. The van der Waals surface area contributed by atoms with Crippen LogP contribution in [0, 0.1) is 6.92 Å². The van der Waals surface area contributed by atoms with Crippen LogP contribution in [0.2, 0.25) is 5.02 Å². The zero-order chi connectivity index (χ0) is 18.5. The van der Waals surface area contributed by atoms with E-state index in [1.54, 1.807) is 6.20 Å². The van der Waals surface area contributed by atoms with E-state index in [4.69, 9.17) is 11.6 Å². The summed E-state index contributed by atoms with van der Waals surface area (Å²) >= 11 is 6.20. The van der Waals surface area contributed by atoms with Gasteiger partial charge in [0.25, 0.3) is 0 Å². The normalized spacial score (nSPS) is 11.8. The standard InChI is InChI=1S/C19H20ClN5O/c1-12-6-7-14(9-15(12)20)23-18-10-17(16-5-3-4-8-21-16)24-19(25-18)22-13(2)11-26/h3-10,13,26H,11H2,1-2H3,(H2,22,23,24,25)/t13-/m0/s1. The van der Waals surface area contributed by atoms with Crippen molar-refractivity contribution in [3.63, 3.8) is 0 Å². The Morgan fingerprint density at radius 3 is 2.65 bits per heavy atom. The van der Waals surface area contributed by atoms with Gasteiger partial charge in [-0.25, -0.2) is 4.98 Å². The van der Waals surface area contributed by atoms with Crippen LogP contribution in [0.5, 0.6) is 0 Å². The van der Waals surface area contributed by atoms with Gasteiger partial charge >= 0.3 is 0 Å². The van der Waals surface area contributed by atoms with Crippen LogP contribution in [0.1, 0.15) is 12.5 Å². The van der Waals surface area contributed by atoms with Crippen molar-refractivity contribution in [2.75, 3.05) is 17.2 Å². The van der Waals surface area contributed by atoms with Gasteiger partial charge < -0.3 is 15.7 Å². The molecular formula is C19H20ClN5O. The van der Waals surface area contributed by atoms with Gasteiger partial charge in [0.1, 0.15) is 5.82 Å². The molecule has 0 radical (unpaired) electrons. The highest BCUT2D eigenvalue weighted by molar-refractivity contribution is 6.31. The molecule has 0 aliphatic carbocycles. The summed E-state index contributed by atoms with van der Waals surface area (Å²) in [6.45, 7) is 3.78. The smallest absolute Gasteiger partial charge is 0.225 e. The maximum absolute atomic E-state index is 9.28. The summed E-state index contributed by atoms with van der Waals surface area (Å²) in [6.07, 6.45) is 1.72. The van der Waals surface area contributed by atoms with Crippen molar-refractivity contribution < 1.29 is 5.11 Å². The fourth-order valence-corrected chi connectivity index (χ4v) is 2.49. The monoisotopic (exact) mass is 369 g/mol. The van der Waals surface area contributed by atoms with E-state index in [9.17, 15) is 5.11 Å². The van der Waals surface area contributed by atoms with E-state index >= 15 is 0 Å². The molecule has 2 heterocycles. The number of aliphatic hydroxyl groups excluding tert-OH is 1. The lowest BCUT2D eigenvalue weighted by Gasteiger charge is -2.14. The van der Waals surface area contributed by atoms with Crippen LogP contribution in [-0.4, -0.2) is 32.7 Å². The quantitative estimate of drug-likeness (QED) is 0.608. The molecule has 0 saturated heterocycles. The minimum absolute atomic E-state index is 0.0203. The second-order valence-electron chi connectivity index (χ2n) is 5.99. The molecule has 7 heteroatoms. The molecule has 2 aromatic heterocycles. The molecule has 0 saturated carbocycles. The lowest BCUT2D eigenvalue weighted by molar-refractivity contribution is 0.281. The Labute approximate surface area is 157 Å². The first kappa shape index (κ1) is 18.1. The number of hydrogen-bond donors (Lipinski definition) is 3. The minimum Gasteiger partial charge on any atom is -0.394 e. The number of aliphatic hydroxyl groups is 1. The van der Waals surface area contributed by atoms with E-state index in [1.165, 1.54) is 0 Å². The number of rotatable bonds is 6. The van der Waals surface area contributed by atoms with Crippen molar-refractivity contribution >= 4 is 29.1 Å². The number of pyridine rings is 1. The summed E-state index contributed by atoms with van der Waals surface area (Å²) in [6, 6.07) is 13.0. The molecule has 0 fully saturated rings. The van der Waals surface area contributed by atoms with Crippen LogP contribution in [0.3, 0.4) is 0 Å². The van der Waals surface area contributed by atoms with Crippen LogP contribution in [0.15, 0.2) is 48.7 Å². The maximum Gasteiger partial charge on any atom is 0.225 e. The lowest BCUT2D eigenvalue weighted by Crippen LogP contribution is -2.21. The molecular weight excluding hydrogens is 350 g/mol. The van der Waals surface area contributed by atoms with Gasteiger partial charge in [0.05, 0.1) is 18.0 Å². The van der Waals surface area contributed by atoms with E-state index in [1.807, 2.05) is 56.3 Å². The molecule has 3 N–H and O–H groups in total. The molecule has 3 rings (SSSR count). The highest BCUT2D eigenvalue weighted by Gasteiger charge is 2.10. The molecule has 0 bridgehead atoms. The van der Waals surface area contributed by atoms with Gasteiger partial charge in [-0.05, 0) is 43.7 Å². The average Bonchev–Trinajstić information content (AvgIpc) is 2.65. The molecule has 0 unspecified atom stereocenters. The number of nitrogens with zero attached hydrogens (tertiary/aromatic N) is 3. The summed E-state index contributed by atoms with van der Waals surface area (Å²) in [5.41, 5.74) is 3.24. The van der Waals surface area contributed by atoms with Crippen LogP contribution >= 0.6 is 11.6 Å². The predicted octanol–water partition coefficient (Wildman–Crippen LogP) is 4.04. The predicted molar refractivity (Wildman–Crippen MR) is 105 cm³/mol. The van der Waals surface area contributed by atoms with Crippen molar-refractivity contribution in [2.45, 2.75) is 19.9 Å². The molecule has 0 aliphatic heterocycles. The second kappa shape index (κ2) is 8.12. The van der Waals surface area contributed by atoms with Crippen molar-refractivity contribution in [1.82, 2.24) is 15.0 Å². The summed E-state index contributed by atoms with van der Waals surface area (Å²) in [7, 11) is 0. The zero-order valence-electron chi connectivity index (χ0n) is 14.6. The van der Waals surface area contributed by atoms with Gasteiger partial charge in [-0.3, -0.25) is 4.98 Å². The van der Waals surface area contributed by atoms with Gasteiger partial charge in [-0.15, -0.1) is 0 Å². The van der Waals surface area contributed by atoms with Crippen molar-refractivity contribution in [3.8, 4) is 11.4 Å². The van der Waals surface area contributed by atoms with Gasteiger partial charge in [0.15, 0.2) is 0 Å². The first-order chi connectivity index (χ1) is 12.5. The topological polar surface area (TPSA) is 83.0 Å². The van der Waals surface area contributed by atoms with Gasteiger partial charge in [-0.2, -0.15) is 4.98 Å². The number of aromatic nitrogens is 3. The lowest BCUT2D eigenvalue weighted by atomic mass is 10.2. The second-order valence-corrected chi connectivity index (χ2v) is 6.40. The SMILES string of the molecule is Cc1ccc(Nc2cc(-c3ccccn3)nc(N[C@@H](C)CO)n2)cc1Cl. The Morgan fingerprint density at radius 1 is 1.12 bits per heavy atom. The molecule has 0 spiro atoms. The summed E-state index contributed by atoms with van der Waals surface area (Å²) in [5.74, 6) is 1.02. The molecule has 134 valence electrons. The first-order valence-corrected chi connectivity index (χ1v) is 8.64. The summed E-state index contributed by atoms with van der Waals surface area (Å²) in [5, 5.41) is 16.3. The fourth-order valence-electron chi connectivity index (χ4n) is 2.31. The third-order valence-corrected chi connectivity index (χ3v) is 4.15. The largest absolute Gasteiger partial charge is 0.394 e. The molecule has 1 atom stereocenters. The number of halogens is 1. The van der Waals surface area contributed by atoms with E-state index in [-0.39, 0.29) is 12.6 Å². The van der Waals surface area contributed by atoms with E-state index in [0.29, 0.717) is 22.5 Å². The summed E-state index contributed by atoms with van der Waals surface area (Å²) < 4.78 is 0. The van der Waals surface area contributed by atoms with Crippen LogP contribution in [0.25, 0.3) is 11.4 Å². The Kier molecular flexibility index (Phi) is 5.65. The summed E-state index contributed by atoms with van der Waals surface area (Å²) in [4.78, 5) is 13.3.